The highest BCUT2D eigenvalue weighted by molar-refractivity contribution is 6.05. The van der Waals surface area contributed by atoms with E-state index in [1.807, 2.05) is 0 Å². The molecular weight excluding hydrogens is 251 g/mol. The quantitative estimate of drug-likeness (QED) is 0.751. The van der Waals surface area contributed by atoms with Gasteiger partial charge in [-0.2, -0.15) is 0 Å². The number of halogens is 1. The number of carbonyl (C=O) groups excluding carboxylic acids is 2. The summed E-state index contributed by atoms with van der Waals surface area (Å²) in [7, 11) is 0. The van der Waals surface area contributed by atoms with Crippen LogP contribution in [0.2, 0.25) is 0 Å². The van der Waals surface area contributed by atoms with Crippen molar-refractivity contribution in [1.29, 1.82) is 0 Å². The molecule has 5 atom stereocenters. The number of rotatable bonds is 2. The van der Waals surface area contributed by atoms with Crippen LogP contribution in [0.4, 0.5) is 4.39 Å². The summed E-state index contributed by atoms with van der Waals surface area (Å²) in [5, 5.41) is 0. The van der Waals surface area contributed by atoms with E-state index in [-0.39, 0.29) is 41.2 Å². The van der Waals surface area contributed by atoms with E-state index in [0.29, 0.717) is 12.2 Å². The average molecular weight is 262 g/mol. The molecule has 2 bridgehead atoms. The number of carbonyl (C=O) groups is 2. The van der Waals surface area contributed by atoms with E-state index in [1.54, 1.807) is 0 Å². The van der Waals surface area contributed by atoms with Gasteiger partial charge in [0.15, 0.2) is 11.6 Å². The molecular formula is C14H11FO4. The van der Waals surface area contributed by atoms with Gasteiger partial charge < -0.3 is 9.47 Å². The smallest absolute Gasteiger partial charge is 0.218 e. The molecule has 0 unspecified atom stereocenters. The molecule has 98 valence electrons. The highest BCUT2D eigenvalue weighted by Crippen LogP contribution is 2.57. The van der Waals surface area contributed by atoms with Gasteiger partial charge in [0.05, 0.1) is 12.7 Å². The summed E-state index contributed by atoms with van der Waals surface area (Å²) in [5.41, 5.74) is 0.449. The number of benzene rings is 1. The minimum absolute atomic E-state index is 0.0659. The van der Waals surface area contributed by atoms with Gasteiger partial charge in [0.1, 0.15) is 5.82 Å². The van der Waals surface area contributed by atoms with Crippen LogP contribution < -0.4 is 0 Å². The molecule has 0 radical (unpaired) electrons. The summed E-state index contributed by atoms with van der Waals surface area (Å²) in [5.74, 6) is -1.26. The van der Waals surface area contributed by atoms with Crippen molar-refractivity contribution in [3.63, 3.8) is 0 Å². The van der Waals surface area contributed by atoms with Gasteiger partial charge in [-0.15, -0.1) is 0 Å². The number of ketones is 2. The maximum absolute atomic E-state index is 12.8. The zero-order valence-electron chi connectivity index (χ0n) is 9.91. The van der Waals surface area contributed by atoms with E-state index in [9.17, 15) is 14.0 Å². The number of hydrogen-bond acceptors (Lipinski definition) is 4. The predicted octanol–water partition coefficient (Wildman–Crippen LogP) is 1.19. The first-order chi connectivity index (χ1) is 9.16. The third kappa shape index (κ3) is 1.52. The number of ether oxygens (including phenoxy) is 2. The van der Waals surface area contributed by atoms with Gasteiger partial charge in [-0.3, -0.25) is 9.59 Å². The molecule has 1 saturated carbocycles. The second-order valence-electron chi connectivity index (χ2n) is 5.24. The Morgan fingerprint density at radius 3 is 2.74 bits per heavy atom. The van der Waals surface area contributed by atoms with Crippen molar-refractivity contribution in [3.8, 4) is 0 Å². The molecule has 1 aliphatic carbocycles. The Hall–Kier alpha value is -1.59. The lowest BCUT2D eigenvalue weighted by Crippen LogP contribution is -2.30. The summed E-state index contributed by atoms with van der Waals surface area (Å²) in [6.07, 6.45) is -0.931. The van der Waals surface area contributed by atoms with Crippen LogP contribution in [0.25, 0.3) is 0 Å². The molecule has 2 aliphatic heterocycles. The van der Waals surface area contributed by atoms with E-state index in [0.717, 1.165) is 0 Å². The molecule has 2 heterocycles. The van der Waals surface area contributed by atoms with Gasteiger partial charge in [0.2, 0.25) is 6.29 Å². The first-order valence-corrected chi connectivity index (χ1v) is 6.27. The second kappa shape index (κ2) is 3.71. The van der Waals surface area contributed by atoms with E-state index in [4.69, 9.17) is 9.47 Å². The van der Waals surface area contributed by atoms with E-state index in [2.05, 4.69) is 0 Å². The van der Waals surface area contributed by atoms with Gasteiger partial charge in [0, 0.05) is 23.3 Å². The van der Waals surface area contributed by atoms with Crippen molar-refractivity contribution >= 4 is 11.6 Å². The average Bonchev–Trinajstić information content (AvgIpc) is 3.02. The van der Waals surface area contributed by atoms with Crippen LogP contribution in [-0.4, -0.2) is 30.6 Å². The molecule has 4 rings (SSSR count). The Morgan fingerprint density at radius 2 is 2.00 bits per heavy atom. The third-order valence-corrected chi connectivity index (χ3v) is 4.21. The molecule has 0 aromatic heterocycles. The maximum atomic E-state index is 12.8. The molecule has 3 fully saturated rings. The predicted molar refractivity (Wildman–Crippen MR) is 60.8 cm³/mol. The first-order valence-electron chi connectivity index (χ1n) is 6.27. The lowest BCUT2D eigenvalue weighted by atomic mass is 10.0. The summed E-state index contributed by atoms with van der Waals surface area (Å²) >= 11 is 0. The normalized spacial score (nSPS) is 39.0. The minimum Gasteiger partial charge on any atom is -0.343 e. The molecule has 2 saturated heterocycles. The molecule has 4 nitrogen and oxygen atoms in total. The number of hydrogen-bond donors (Lipinski definition) is 0. The fraction of sp³-hybridized carbons (Fsp3) is 0.429. The molecule has 1 aromatic carbocycles. The topological polar surface area (TPSA) is 52.6 Å². The Kier molecular flexibility index (Phi) is 2.20. The van der Waals surface area contributed by atoms with Crippen molar-refractivity contribution in [1.82, 2.24) is 0 Å². The van der Waals surface area contributed by atoms with Crippen molar-refractivity contribution < 1.29 is 23.5 Å². The Balaban J connectivity index is 1.60. The highest BCUT2D eigenvalue weighted by Gasteiger charge is 2.68. The van der Waals surface area contributed by atoms with Gasteiger partial charge in [-0.05, 0) is 24.3 Å². The van der Waals surface area contributed by atoms with Gasteiger partial charge in [-0.1, -0.05) is 0 Å². The van der Waals surface area contributed by atoms with Gasteiger partial charge in [0.25, 0.3) is 0 Å². The van der Waals surface area contributed by atoms with Crippen molar-refractivity contribution in [2.75, 3.05) is 6.61 Å². The SMILES string of the molecule is O=C(c1ccc(F)cc1)[C@@H]1[C@H]2C(=O)[C@@H]3OC[C@H](O3)[C@H]12. The van der Waals surface area contributed by atoms with Crippen LogP contribution in [0.1, 0.15) is 10.4 Å². The van der Waals surface area contributed by atoms with Crippen LogP contribution >= 0.6 is 0 Å². The Morgan fingerprint density at radius 1 is 1.26 bits per heavy atom. The van der Waals surface area contributed by atoms with E-state index >= 15 is 0 Å². The second-order valence-corrected chi connectivity index (χ2v) is 5.24. The standard InChI is InChI=1S/C14H11FO4/c15-7-3-1-6(2-4-7)12(16)10-9-8-5-18-14(19-8)13(17)11(9)10/h1-4,8-11,14H,5H2/t8-,9+,10-,11-,14+/m0/s1. The van der Waals surface area contributed by atoms with Crippen LogP contribution in [0.5, 0.6) is 0 Å². The van der Waals surface area contributed by atoms with Crippen LogP contribution in [0.15, 0.2) is 24.3 Å². The summed E-state index contributed by atoms with van der Waals surface area (Å²) in [6.45, 7) is 0.380. The van der Waals surface area contributed by atoms with Crippen molar-refractivity contribution in [2.45, 2.75) is 12.4 Å². The summed E-state index contributed by atoms with van der Waals surface area (Å²) in [4.78, 5) is 24.3. The Bertz CT molecular complexity index is 567. The van der Waals surface area contributed by atoms with E-state index in [1.165, 1.54) is 24.3 Å². The molecule has 3 aliphatic rings. The molecule has 0 amide bonds. The maximum Gasteiger partial charge on any atom is 0.218 e. The zero-order valence-corrected chi connectivity index (χ0v) is 9.91. The van der Waals surface area contributed by atoms with Crippen molar-refractivity contribution in [3.05, 3.63) is 35.6 Å². The fourth-order valence-corrected chi connectivity index (χ4v) is 3.24. The first kappa shape index (κ1) is 11.3. The summed E-state index contributed by atoms with van der Waals surface area (Å²) in [6, 6.07) is 5.43. The number of Topliss-reactive ketones (excluding diaryl/α,β-unsaturated/α-hetero) is 2. The molecule has 1 aromatic rings. The van der Waals surface area contributed by atoms with Crippen molar-refractivity contribution in [2.24, 2.45) is 17.8 Å². The number of fused-ring (bicyclic) bond motifs is 4. The third-order valence-electron chi connectivity index (χ3n) is 4.21. The molecule has 5 heteroatoms. The largest absolute Gasteiger partial charge is 0.343 e. The fourth-order valence-electron chi connectivity index (χ4n) is 3.24. The van der Waals surface area contributed by atoms with Crippen LogP contribution in [0.3, 0.4) is 0 Å². The molecule has 0 spiro atoms. The Labute approximate surface area is 108 Å². The lowest BCUT2D eigenvalue weighted by molar-refractivity contribution is -0.153. The van der Waals surface area contributed by atoms with Crippen LogP contribution in [-0.2, 0) is 14.3 Å². The van der Waals surface area contributed by atoms with E-state index < -0.39 is 6.29 Å². The van der Waals surface area contributed by atoms with Gasteiger partial charge >= 0.3 is 0 Å². The lowest BCUT2D eigenvalue weighted by Gasteiger charge is -2.14. The van der Waals surface area contributed by atoms with Crippen LogP contribution in [0, 0.1) is 23.6 Å². The zero-order chi connectivity index (χ0) is 13.1. The molecule has 19 heavy (non-hydrogen) atoms. The summed E-state index contributed by atoms with van der Waals surface area (Å²) < 4.78 is 23.5. The monoisotopic (exact) mass is 262 g/mol. The van der Waals surface area contributed by atoms with Gasteiger partial charge in [-0.25, -0.2) is 4.39 Å². The highest BCUT2D eigenvalue weighted by atomic mass is 19.1. The minimum atomic E-state index is -0.780. The molecule has 0 N–H and O–H groups in total.